The fraction of sp³-hybridized carbons (Fsp3) is 0.625. The molecule has 1 aromatic heterocycles. The van der Waals surface area contributed by atoms with E-state index in [1.54, 1.807) is 0 Å². The van der Waals surface area contributed by atoms with E-state index in [4.69, 9.17) is 9.84 Å². The Hall–Kier alpha value is -1.55. The maximum atomic E-state index is 11.4. The van der Waals surface area contributed by atoms with Crippen LogP contribution in [0, 0.1) is 0 Å². The van der Waals surface area contributed by atoms with Gasteiger partial charge in [-0.3, -0.25) is 9.78 Å². The number of rotatable bonds is 2. The summed E-state index contributed by atoms with van der Waals surface area (Å²) in [5.41, 5.74) is -1.55. The maximum absolute atomic E-state index is 11.4. The van der Waals surface area contributed by atoms with Crippen molar-refractivity contribution in [3.05, 3.63) is 27.0 Å². The van der Waals surface area contributed by atoms with Crippen LogP contribution in [0.4, 0.5) is 0 Å². The zero-order valence-corrected chi connectivity index (χ0v) is 8.55. The monoisotopic (exact) mass is 245 g/mol. The third-order valence-electron chi connectivity index (χ3n) is 2.50. The minimum atomic E-state index is -1.41. The van der Waals surface area contributed by atoms with Gasteiger partial charge in [0.15, 0.2) is 6.23 Å². The molecule has 0 aromatic carbocycles. The molecule has 9 heteroatoms. The van der Waals surface area contributed by atoms with Gasteiger partial charge in [-0.15, -0.1) is 0 Å². The summed E-state index contributed by atoms with van der Waals surface area (Å²) in [6.07, 6.45) is -4.15. The predicted molar refractivity (Wildman–Crippen MR) is 52.1 cm³/mol. The lowest BCUT2D eigenvalue weighted by molar-refractivity contribution is -0.0618. The van der Waals surface area contributed by atoms with Crippen molar-refractivity contribution in [3.63, 3.8) is 0 Å². The second-order valence-electron chi connectivity index (χ2n) is 3.61. The lowest BCUT2D eigenvalue weighted by Crippen LogP contribution is -2.39. The van der Waals surface area contributed by atoms with Gasteiger partial charge in [0.1, 0.15) is 24.5 Å². The van der Waals surface area contributed by atoms with Crippen LogP contribution in [0.5, 0.6) is 0 Å². The summed E-state index contributed by atoms with van der Waals surface area (Å²) in [6, 6.07) is 0. The molecule has 2 heterocycles. The molecule has 0 unspecified atom stereocenters. The summed E-state index contributed by atoms with van der Waals surface area (Å²) in [5, 5.41) is 31.5. The molecule has 94 valence electrons. The molecule has 1 aromatic rings. The largest absolute Gasteiger partial charge is 0.394 e. The average Bonchev–Trinajstić information content (AvgIpc) is 2.57. The fourth-order valence-corrected chi connectivity index (χ4v) is 1.63. The summed E-state index contributed by atoms with van der Waals surface area (Å²) in [7, 11) is 0. The van der Waals surface area contributed by atoms with E-state index in [1.807, 2.05) is 4.98 Å². The van der Waals surface area contributed by atoms with Gasteiger partial charge in [0, 0.05) is 0 Å². The van der Waals surface area contributed by atoms with Crippen molar-refractivity contribution in [3.8, 4) is 0 Å². The zero-order chi connectivity index (χ0) is 12.6. The van der Waals surface area contributed by atoms with E-state index in [2.05, 4.69) is 5.10 Å². The summed E-state index contributed by atoms with van der Waals surface area (Å²) in [6.45, 7) is -0.507. The highest BCUT2D eigenvalue weighted by Crippen LogP contribution is 2.27. The molecule has 0 saturated carbocycles. The molecule has 0 amide bonds. The molecular weight excluding hydrogens is 234 g/mol. The van der Waals surface area contributed by atoms with Crippen LogP contribution < -0.4 is 11.2 Å². The smallest absolute Gasteiger partial charge is 0.347 e. The molecule has 2 rings (SSSR count). The molecule has 0 aliphatic carbocycles. The fourth-order valence-electron chi connectivity index (χ4n) is 1.63. The number of aliphatic hydroxyl groups is 3. The Morgan fingerprint density at radius 1 is 1.41 bits per heavy atom. The molecule has 1 saturated heterocycles. The zero-order valence-electron chi connectivity index (χ0n) is 8.55. The van der Waals surface area contributed by atoms with Crippen LogP contribution in [0.1, 0.15) is 6.23 Å². The number of nitrogens with zero attached hydrogens (tertiary/aromatic N) is 2. The van der Waals surface area contributed by atoms with E-state index in [0.717, 1.165) is 6.20 Å². The second kappa shape index (κ2) is 4.37. The molecular formula is C8H11N3O6. The van der Waals surface area contributed by atoms with Gasteiger partial charge in [0.2, 0.25) is 0 Å². The molecule has 4 atom stereocenters. The quantitative estimate of drug-likeness (QED) is 0.425. The molecule has 1 aliphatic heterocycles. The van der Waals surface area contributed by atoms with Crippen molar-refractivity contribution in [1.82, 2.24) is 14.8 Å². The minimum absolute atomic E-state index is 0.507. The lowest BCUT2D eigenvalue weighted by atomic mass is 10.1. The highest BCUT2D eigenvalue weighted by atomic mass is 16.6. The standard InChI is InChI=1S/C8H11N3O6/c12-2-3-5(14)6(15)7(17-3)11-8(16)10-4(13)1-9-11/h1,3,5-7,12,14-15H,2H2,(H,10,13,16)/t3-,5+,6-,7+/m0/s1. The molecule has 17 heavy (non-hydrogen) atoms. The third kappa shape index (κ3) is 2.00. The van der Waals surface area contributed by atoms with Gasteiger partial charge in [-0.05, 0) is 0 Å². The van der Waals surface area contributed by atoms with E-state index < -0.39 is 42.4 Å². The van der Waals surface area contributed by atoms with E-state index in [9.17, 15) is 19.8 Å². The number of aromatic nitrogens is 3. The van der Waals surface area contributed by atoms with Crippen molar-refractivity contribution in [2.75, 3.05) is 6.61 Å². The Labute approximate surface area is 93.9 Å². The topological polar surface area (TPSA) is 138 Å². The van der Waals surface area contributed by atoms with E-state index in [1.165, 1.54) is 0 Å². The Bertz CT molecular complexity index is 510. The van der Waals surface area contributed by atoms with Crippen LogP contribution in [0.15, 0.2) is 15.8 Å². The Morgan fingerprint density at radius 3 is 2.65 bits per heavy atom. The molecule has 0 radical (unpaired) electrons. The number of hydrogen-bond acceptors (Lipinski definition) is 7. The lowest BCUT2D eigenvalue weighted by Gasteiger charge is -2.14. The Kier molecular flexibility index (Phi) is 3.07. The van der Waals surface area contributed by atoms with Crippen LogP contribution in [0.25, 0.3) is 0 Å². The van der Waals surface area contributed by atoms with Crippen LogP contribution in [-0.4, -0.2) is 55.0 Å². The van der Waals surface area contributed by atoms with Gasteiger partial charge >= 0.3 is 5.69 Å². The first-order valence-electron chi connectivity index (χ1n) is 4.85. The normalized spacial score (nSPS) is 32.9. The predicted octanol–water partition coefficient (Wildman–Crippen LogP) is -3.46. The first kappa shape index (κ1) is 11.9. The summed E-state index contributed by atoms with van der Waals surface area (Å²) in [5.74, 6) is 0. The van der Waals surface area contributed by atoms with E-state index in [0.29, 0.717) is 4.68 Å². The Morgan fingerprint density at radius 2 is 2.12 bits per heavy atom. The van der Waals surface area contributed by atoms with E-state index in [-0.39, 0.29) is 0 Å². The average molecular weight is 245 g/mol. The molecule has 4 N–H and O–H groups in total. The van der Waals surface area contributed by atoms with E-state index >= 15 is 0 Å². The van der Waals surface area contributed by atoms with Gasteiger partial charge in [-0.2, -0.15) is 9.78 Å². The highest BCUT2D eigenvalue weighted by Gasteiger charge is 2.44. The number of H-pyrrole nitrogens is 1. The second-order valence-corrected chi connectivity index (χ2v) is 3.61. The Balaban J connectivity index is 2.35. The summed E-state index contributed by atoms with van der Waals surface area (Å²) < 4.78 is 5.77. The van der Waals surface area contributed by atoms with Crippen molar-refractivity contribution in [2.45, 2.75) is 24.5 Å². The third-order valence-corrected chi connectivity index (χ3v) is 2.50. The SMILES string of the molecule is O=c1cnn([C@@H]2O[C@@H](CO)[C@@H](O)[C@@H]2O)c(=O)[nH]1. The molecule has 1 aliphatic rings. The summed E-state index contributed by atoms with van der Waals surface area (Å²) >= 11 is 0. The van der Waals surface area contributed by atoms with Gasteiger partial charge < -0.3 is 20.1 Å². The van der Waals surface area contributed by atoms with Gasteiger partial charge in [0.05, 0.1) is 6.61 Å². The molecule has 1 fully saturated rings. The highest BCUT2D eigenvalue weighted by molar-refractivity contribution is 4.88. The minimum Gasteiger partial charge on any atom is -0.394 e. The van der Waals surface area contributed by atoms with Crippen LogP contribution >= 0.6 is 0 Å². The molecule has 0 bridgehead atoms. The van der Waals surface area contributed by atoms with Crippen molar-refractivity contribution in [2.24, 2.45) is 0 Å². The number of aliphatic hydroxyl groups excluding tert-OH is 3. The van der Waals surface area contributed by atoms with Gasteiger partial charge in [0.25, 0.3) is 5.56 Å². The molecule has 0 spiro atoms. The van der Waals surface area contributed by atoms with Gasteiger partial charge in [-0.1, -0.05) is 0 Å². The van der Waals surface area contributed by atoms with Crippen molar-refractivity contribution >= 4 is 0 Å². The van der Waals surface area contributed by atoms with Crippen LogP contribution in [0.2, 0.25) is 0 Å². The van der Waals surface area contributed by atoms with Crippen molar-refractivity contribution < 1.29 is 20.1 Å². The molecule has 9 nitrogen and oxygen atoms in total. The first-order valence-corrected chi connectivity index (χ1v) is 4.85. The number of ether oxygens (including phenoxy) is 1. The van der Waals surface area contributed by atoms with Gasteiger partial charge in [-0.25, -0.2) is 4.79 Å². The van der Waals surface area contributed by atoms with Crippen LogP contribution in [0.3, 0.4) is 0 Å². The first-order chi connectivity index (χ1) is 8.04. The number of nitrogens with one attached hydrogen (secondary N) is 1. The van der Waals surface area contributed by atoms with Crippen molar-refractivity contribution in [1.29, 1.82) is 0 Å². The van der Waals surface area contributed by atoms with Crippen LogP contribution in [-0.2, 0) is 4.74 Å². The summed E-state index contributed by atoms with van der Waals surface area (Å²) in [4.78, 5) is 24.1. The number of hydrogen-bond donors (Lipinski definition) is 4. The number of aromatic amines is 1. The maximum Gasteiger partial charge on any atom is 0.347 e.